The van der Waals surface area contributed by atoms with Crippen LogP contribution in [0.15, 0.2) is 55.1 Å². The Morgan fingerprint density at radius 1 is 1.14 bits per heavy atom. The van der Waals surface area contributed by atoms with Crippen molar-refractivity contribution in [3.05, 3.63) is 60.7 Å². The van der Waals surface area contributed by atoms with E-state index < -0.39 is 6.36 Å². The summed E-state index contributed by atoms with van der Waals surface area (Å²) in [7, 11) is 1.83. The summed E-state index contributed by atoms with van der Waals surface area (Å²) in [5, 5.41) is 3.59. The number of hydrogen-bond acceptors (Lipinski definition) is 7. The molecule has 0 bridgehead atoms. The zero-order valence-electron chi connectivity index (χ0n) is 18.4. The van der Waals surface area contributed by atoms with Gasteiger partial charge < -0.3 is 19.2 Å². The van der Waals surface area contributed by atoms with Crippen molar-refractivity contribution in [1.29, 1.82) is 0 Å². The van der Waals surface area contributed by atoms with E-state index in [2.05, 4.69) is 25.0 Å². The van der Waals surface area contributed by atoms with Crippen LogP contribution in [0, 0.1) is 0 Å². The number of halogens is 3. The predicted octanol–water partition coefficient (Wildman–Crippen LogP) is 5.68. The van der Waals surface area contributed by atoms with Crippen LogP contribution in [-0.2, 0) is 13.6 Å². The van der Waals surface area contributed by atoms with Crippen molar-refractivity contribution in [3.8, 4) is 5.75 Å². The van der Waals surface area contributed by atoms with Gasteiger partial charge >= 0.3 is 6.36 Å². The molecule has 0 aliphatic heterocycles. The van der Waals surface area contributed by atoms with Crippen LogP contribution in [0.5, 0.6) is 5.75 Å². The van der Waals surface area contributed by atoms with Gasteiger partial charge in [-0.05, 0) is 36.8 Å². The third kappa shape index (κ3) is 5.11. The molecule has 12 heteroatoms. The number of ketones is 1. The van der Waals surface area contributed by atoms with Gasteiger partial charge in [0, 0.05) is 44.0 Å². The SMILES string of the molecule is Cn1c(Nc2nc3ccc(OC(F)(F)F)cc3s2)nc2cc(C(=O)CCCn3ccnc3)ccc21. The lowest BCUT2D eigenvalue weighted by molar-refractivity contribution is -0.274. The second-order valence-electron chi connectivity index (χ2n) is 7.85. The second kappa shape index (κ2) is 9.02. The number of nitrogens with zero attached hydrogens (tertiary/aromatic N) is 5. The zero-order valence-corrected chi connectivity index (χ0v) is 19.2. The van der Waals surface area contributed by atoms with Crippen molar-refractivity contribution in [2.75, 3.05) is 5.32 Å². The number of benzene rings is 2. The predicted molar refractivity (Wildman–Crippen MR) is 126 cm³/mol. The van der Waals surface area contributed by atoms with Gasteiger partial charge in [0.05, 0.1) is 27.6 Å². The quantitative estimate of drug-likeness (QED) is 0.276. The number of nitrogens with one attached hydrogen (secondary N) is 1. The van der Waals surface area contributed by atoms with E-state index in [1.807, 2.05) is 28.4 Å². The van der Waals surface area contributed by atoms with Gasteiger partial charge in [-0.1, -0.05) is 11.3 Å². The fourth-order valence-corrected chi connectivity index (χ4v) is 4.61. The molecule has 0 fully saturated rings. The number of hydrogen-bond donors (Lipinski definition) is 1. The summed E-state index contributed by atoms with van der Waals surface area (Å²) < 4.78 is 45.8. The summed E-state index contributed by atoms with van der Waals surface area (Å²) in [4.78, 5) is 25.6. The molecule has 180 valence electrons. The van der Waals surface area contributed by atoms with Crippen LogP contribution in [0.4, 0.5) is 24.3 Å². The maximum Gasteiger partial charge on any atom is 0.573 e. The molecule has 0 unspecified atom stereocenters. The number of fused-ring (bicyclic) bond motifs is 2. The Balaban J connectivity index is 1.32. The molecular formula is C23H19F3N6O2S. The highest BCUT2D eigenvalue weighted by molar-refractivity contribution is 7.22. The van der Waals surface area contributed by atoms with Gasteiger partial charge in [0.25, 0.3) is 0 Å². The first kappa shape index (κ1) is 22.8. The number of anilines is 2. The van der Waals surface area contributed by atoms with E-state index in [1.54, 1.807) is 24.7 Å². The molecule has 35 heavy (non-hydrogen) atoms. The van der Waals surface area contributed by atoms with Crippen LogP contribution in [-0.4, -0.2) is 36.2 Å². The number of alkyl halides is 3. The smallest absolute Gasteiger partial charge is 0.406 e. The van der Waals surface area contributed by atoms with Gasteiger partial charge in [-0.3, -0.25) is 4.79 Å². The number of ether oxygens (including phenoxy) is 1. The van der Waals surface area contributed by atoms with Crippen molar-refractivity contribution < 1.29 is 22.7 Å². The van der Waals surface area contributed by atoms with Gasteiger partial charge in [0.15, 0.2) is 10.9 Å². The summed E-state index contributed by atoms with van der Waals surface area (Å²) in [6.07, 6.45) is 1.64. The van der Waals surface area contributed by atoms with E-state index in [0.717, 1.165) is 12.1 Å². The van der Waals surface area contributed by atoms with Crippen LogP contribution >= 0.6 is 11.3 Å². The minimum atomic E-state index is -4.76. The third-order valence-electron chi connectivity index (χ3n) is 5.39. The highest BCUT2D eigenvalue weighted by Gasteiger charge is 2.31. The average Bonchev–Trinajstić information content (AvgIpc) is 3.52. The lowest BCUT2D eigenvalue weighted by Crippen LogP contribution is -2.16. The van der Waals surface area contributed by atoms with E-state index in [-0.39, 0.29) is 11.5 Å². The molecule has 1 N–H and O–H groups in total. The van der Waals surface area contributed by atoms with Crippen molar-refractivity contribution in [1.82, 2.24) is 24.1 Å². The molecule has 8 nitrogen and oxygen atoms in total. The highest BCUT2D eigenvalue weighted by Crippen LogP contribution is 2.33. The maximum atomic E-state index is 12.6. The Kier molecular flexibility index (Phi) is 5.89. The number of aryl methyl sites for hydroxylation is 2. The number of Topliss-reactive ketones (excluding diaryl/α,β-unsaturated/α-hetero) is 1. The molecule has 0 aliphatic carbocycles. The fraction of sp³-hybridized carbons (Fsp3) is 0.217. The molecule has 5 rings (SSSR count). The minimum Gasteiger partial charge on any atom is -0.406 e. The number of thiazole rings is 1. The first-order valence-corrected chi connectivity index (χ1v) is 11.5. The summed E-state index contributed by atoms with van der Waals surface area (Å²) >= 11 is 1.18. The Bertz CT molecular complexity index is 1510. The molecule has 0 spiro atoms. The Morgan fingerprint density at radius 2 is 2.00 bits per heavy atom. The Labute approximate surface area is 201 Å². The monoisotopic (exact) mass is 500 g/mol. The first-order chi connectivity index (χ1) is 16.7. The second-order valence-corrected chi connectivity index (χ2v) is 8.88. The normalized spacial score (nSPS) is 11.9. The fourth-order valence-electron chi connectivity index (χ4n) is 3.72. The van der Waals surface area contributed by atoms with E-state index >= 15 is 0 Å². The van der Waals surface area contributed by atoms with Crippen LogP contribution in [0.3, 0.4) is 0 Å². The summed E-state index contributed by atoms with van der Waals surface area (Å²) in [5.41, 5.74) is 2.60. The lowest BCUT2D eigenvalue weighted by atomic mass is 10.1. The van der Waals surface area contributed by atoms with Crippen LogP contribution in [0.2, 0.25) is 0 Å². The van der Waals surface area contributed by atoms with Crippen molar-refractivity contribution in [2.45, 2.75) is 25.7 Å². The molecule has 0 saturated carbocycles. The number of imidazole rings is 2. The number of aromatic nitrogens is 5. The molecule has 2 aromatic carbocycles. The molecular weight excluding hydrogens is 481 g/mol. The molecule has 0 radical (unpaired) electrons. The molecule has 5 aromatic rings. The third-order valence-corrected chi connectivity index (χ3v) is 6.33. The van der Waals surface area contributed by atoms with Crippen molar-refractivity contribution in [2.24, 2.45) is 7.05 Å². The average molecular weight is 501 g/mol. The minimum absolute atomic E-state index is 0.0373. The molecule has 3 aromatic heterocycles. The molecule has 0 amide bonds. The van der Waals surface area contributed by atoms with E-state index in [0.29, 0.717) is 45.2 Å². The molecule has 0 aliphatic rings. The van der Waals surface area contributed by atoms with Crippen molar-refractivity contribution in [3.63, 3.8) is 0 Å². The van der Waals surface area contributed by atoms with Gasteiger partial charge in [-0.25, -0.2) is 15.0 Å². The zero-order chi connectivity index (χ0) is 24.6. The van der Waals surface area contributed by atoms with E-state index in [4.69, 9.17) is 0 Å². The first-order valence-electron chi connectivity index (χ1n) is 10.6. The van der Waals surface area contributed by atoms with Gasteiger partial charge in [-0.2, -0.15) is 0 Å². The summed E-state index contributed by atoms with van der Waals surface area (Å²) in [6, 6.07) is 9.38. The van der Waals surface area contributed by atoms with Crippen LogP contribution in [0.25, 0.3) is 21.3 Å². The molecule has 0 atom stereocenters. The summed E-state index contributed by atoms with van der Waals surface area (Å²) in [6.45, 7) is 0.720. The van der Waals surface area contributed by atoms with E-state index in [9.17, 15) is 18.0 Å². The molecule has 3 heterocycles. The van der Waals surface area contributed by atoms with Crippen molar-refractivity contribution >= 4 is 49.4 Å². The van der Waals surface area contributed by atoms with E-state index in [1.165, 1.54) is 29.5 Å². The lowest BCUT2D eigenvalue weighted by Gasteiger charge is -2.07. The van der Waals surface area contributed by atoms with Gasteiger partial charge in [-0.15, -0.1) is 13.2 Å². The molecule has 0 saturated heterocycles. The van der Waals surface area contributed by atoms with Crippen LogP contribution in [0.1, 0.15) is 23.2 Å². The van der Waals surface area contributed by atoms with Gasteiger partial charge in [0.1, 0.15) is 5.75 Å². The summed E-state index contributed by atoms with van der Waals surface area (Å²) in [5.74, 6) is 0.232. The maximum absolute atomic E-state index is 12.6. The number of rotatable bonds is 8. The van der Waals surface area contributed by atoms with Gasteiger partial charge in [0.2, 0.25) is 5.95 Å². The number of carbonyl (C=O) groups is 1. The highest BCUT2D eigenvalue weighted by atomic mass is 32.1. The largest absolute Gasteiger partial charge is 0.573 e. The van der Waals surface area contributed by atoms with Crippen LogP contribution < -0.4 is 10.1 Å². The topological polar surface area (TPSA) is 86.9 Å². The standard InChI is InChI=1S/C23H19F3N6O2S/c1-31-18-7-4-14(19(33)3-2-9-32-10-8-27-13-32)11-17(18)28-21(31)30-22-29-16-6-5-15(12-20(16)35-22)34-23(24,25)26/h4-8,10-13H,2-3,9H2,1H3,(H,28,29,30). The Hall–Kier alpha value is -3.93. The number of carbonyl (C=O) groups excluding carboxylic acids is 1. The Morgan fingerprint density at radius 3 is 2.77 bits per heavy atom.